The van der Waals surface area contributed by atoms with E-state index in [1.54, 1.807) is 6.07 Å². The van der Waals surface area contributed by atoms with Crippen molar-refractivity contribution in [2.45, 2.75) is 38.3 Å². The van der Waals surface area contributed by atoms with E-state index >= 15 is 0 Å². The van der Waals surface area contributed by atoms with E-state index in [-0.39, 0.29) is 18.6 Å². The lowest BCUT2D eigenvalue weighted by molar-refractivity contribution is 0.0123. The van der Waals surface area contributed by atoms with E-state index in [9.17, 15) is 9.90 Å². The maximum absolute atomic E-state index is 12.4. The fourth-order valence-electron chi connectivity index (χ4n) is 2.43. The van der Waals surface area contributed by atoms with Crippen molar-refractivity contribution in [3.05, 3.63) is 24.0 Å². The van der Waals surface area contributed by atoms with Gasteiger partial charge in [0.1, 0.15) is 5.69 Å². The van der Waals surface area contributed by atoms with Gasteiger partial charge in [0, 0.05) is 25.5 Å². The van der Waals surface area contributed by atoms with Gasteiger partial charge >= 0.3 is 0 Å². The Morgan fingerprint density at radius 1 is 1.53 bits per heavy atom. The van der Waals surface area contributed by atoms with Crippen LogP contribution in [0.15, 0.2) is 18.3 Å². The molecule has 0 aromatic carbocycles. The molecule has 1 amide bonds. The first-order chi connectivity index (χ1) is 9.08. The average molecular weight is 266 g/mol. The van der Waals surface area contributed by atoms with Crippen LogP contribution in [0.5, 0.6) is 0 Å². The number of hydrogen-bond acceptors (Lipinski definition) is 3. The molecule has 2 heterocycles. The highest BCUT2D eigenvalue weighted by molar-refractivity contribution is 5.93. The Bertz CT molecular complexity index is 434. The molecule has 19 heavy (non-hydrogen) atoms. The van der Waals surface area contributed by atoms with Crippen molar-refractivity contribution in [1.29, 1.82) is 0 Å². The van der Waals surface area contributed by atoms with Crippen LogP contribution in [0, 0.1) is 0 Å². The van der Waals surface area contributed by atoms with Gasteiger partial charge in [-0.2, -0.15) is 0 Å². The molecule has 0 aliphatic carbocycles. The van der Waals surface area contributed by atoms with Crippen molar-refractivity contribution in [1.82, 2.24) is 9.88 Å². The van der Waals surface area contributed by atoms with Crippen molar-refractivity contribution in [3.63, 3.8) is 0 Å². The predicted octanol–water partition coefficient (Wildman–Crippen LogP) is 1.34. The maximum atomic E-state index is 12.4. The number of carbonyl (C=O) groups is 1. The van der Waals surface area contributed by atoms with Crippen molar-refractivity contribution in [3.8, 4) is 0 Å². The van der Waals surface area contributed by atoms with Crippen LogP contribution in [0.1, 0.15) is 43.2 Å². The highest BCUT2D eigenvalue weighted by Crippen LogP contribution is 2.21. The summed E-state index contributed by atoms with van der Waals surface area (Å²) in [7, 11) is 0. The lowest BCUT2D eigenvalue weighted by atomic mass is 9.91. The van der Waals surface area contributed by atoms with Gasteiger partial charge in [0.2, 0.25) is 0 Å². The van der Waals surface area contributed by atoms with Gasteiger partial charge in [-0.05, 0) is 38.8 Å². The number of aliphatic hydroxyl groups excluding tert-OH is 1. The molecule has 2 N–H and O–H groups in total. The quantitative estimate of drug-likeness (QED) is 0.864. The number of ether oxygens (including phenoxy) is 1. The number of hydrogen-bond donors (Lipinski definition) is 2. The number of nitrogens with one attached hydrogen (secondary N) is 1. The first-order valence-electron chi connectivity index (χ1n) is 6.76. The number of aromatic nitrogens is 1. The van der Waals surface area contributed by atoms with Crippen LogP contribution in [-0.2, 0) is 4.74 Å². The molecular weight excluding hydrogens is 244 g/mol. The minimum absolute atomic E-state index is 0.0511. The topological polar surface area (TPSA) is 63.5 Å². The molecule has 0 unspecified atom stereocenters. The van der Waals surface area contributed by atoms with Crippen LogP contribution in [0.25, 0.3) is 0 Å². The summed E-state index contributed by atoms with van der Waals surface area (Å²) in [6.07, 6.45) is 3.20. The first kappa shape index (κ1) is 14.1. The summed E-state index contributed by atoms with van der Waals surface area (Å²) in [6.45, 7) is 5.17. The third-order valence-corrected chi connectivity index (χ3v) is 3.70. The summed E-state index contributed by atoms with van der Waals surface area (Å²) in [5, 5.41) is 12.6. The minimum atomic E-state index is -0.540. The zero-order chi connectivity index (χ0) is 13.9. The van der Waals surface area contributed by atoms with E-state index in [1.807, 2.05) is 30.7 Å². The largest absolute Gasteiger partial charge is 0.394 e. The molecule has 0 spiro atoms. The molecule has 0 radical (unpaired) electrons. The summed E-state index contributed by atoms with van der Waals surface area (Å²) in [5.74, 6) is -0.130. The monoisotopic (exact) mass is 266 g/mol. The summed E-state index contributed by atoms with van der Waals surface area (Å²) < 4.78 is 7.22. The third-order valence-electron chi connectivity index (χ3n) is 3.70. The van der Waals surface area contributed by atoms with Gasteiger partial charge in [-0.1, -0.05) is 0 Å². The molecule has 0 saturated carbocycles. The molecule has 2 rings (SSSR count). The standard InChI is InChI=1S/C14H22N2O3/c1-11(2)16-7-3-4-12(16)13(18)15-14(10-17)5-8-19-9-6-14/h3-4,7,11,17H,5-6,8-10H2,1-2H3,(H,15,18). The van der Waals surface area contributed by atoms with Crippen molar-refractivity contribution < 1.29 is 14.6 Å². The van der Waals surface area contributed by atoms with Crippen LogP contribution >= 0.6 is 0 Å². The van der Waals surface area contributed by atoms with E-state index in [4.69, 9.17) is 4.74 Å². The molecule has 1 saturated heterocycles. The molecule has 106 valence electrons. The van der Waals surface area contributed by atoms with Crippen LogP contribution in [-0.4, -0.2) is 40.9 Å². The highest BCUT2D eigenvalue weighted by Gasteiger charge is 2.34. The van der Waals surface area contributed by atoms with Crippen molar-refractivity contribution in [2.24, 2.45) is 0 Å². The third kappa shape index (κ3) is 2.98. The lowest BCUT2D eigenvalue weighted by Gasteiger charge is -2.36. The summed E-state index contributed by atoms with van der Waals surface area (Å²) in [4.78, 5) is 12.4. The van der Waals surface area contributed by atoms with E-state index in [1.165, 1.54) is 0 Å². The van der Waals surface area contributed by atoms with E-state index in [2.05, 4.69) is 5.32 Å². The fourth-order valence-corrected chi connectivity index (χ4v) is 2.43. The number of rotatable bonds is 4. The molecule has 5 heteroatoms. The van der Waals surface area contributed by atoms with Gasteiger partial charge in [-0.3, -0.25) is 4.79 Å². The van der Waals surface area contributed by atoms with Crippen LogP contribution < -0.4 is 5.32 Å². The second-order valence-corrected chi connectivity index (χ2v) is 5.40. The van der Waals surface area contributed by atoms with Crippen molar-refractivity contribution in [2.75, 3.05) is 19.8 Å². The Morgan fingerprint density at radius 3 is 2.79 bits per heavy atom. The minimum Gasteiger partial charge on any atom is -0.394 e. The summed E-state index contributed by atoms with van der Waals surface area (Å²) >= 11 is 0. The van der Waals surface area contributed by atoms with Crippen molar-refractivity contribution >= 4 is 5.91 Å². The SMILES string of the molecule is CC(C)n1cccc1C(=O)NC1(CO)CCOCC1. The number of nitrogens with zero attached hydrogens (tertiary/aromatic N) is 1. The predicted molar refractivity (Wildman–Crippen MR) is 72.2 cm³/mol. The van der Waals surface area contributed by atoms with Gasteiger partial charge in [0.25, 0.3) is 5.91 Å². The zero-order valence-corrected chi connectivity index (χ0v) is 11.6. The molecule has 1 aliphatic heterocycles. The average Bonchev–Trinajstić information content (AvgIpc) is 2.89. The first-order valence-corrected chi connectivity index (χ1v) is 6.76. The van der Waals surface area contributed by atoms with Crippen LogP contribution in [0.4, 0.5) is 0 Å². The molecule has 5 nitrogen and oxygen atoms in total. The number of carbonyl (C=O) groups excluding carboxylic acids is 1. The normalized spacial score (nSPS) is 18.5. The molecule has 1 aromatic rings. The number of aliphatic hydroxyl groups is 1. The van der Waals surface area contributed by atoms with Gasteiger partial charge < -0.3 is 19.7 Å². The molecule has 1 aromatic heterocycles. The Hall–Kier alpha value is -1.33. The van der Waals surface area contributed by atoms with Crippen LogP contribution in [0.2, 0.25) is 0 Å². The van der Waals surface area contributed by atoms with Gasteiger partial charge in [-0.15, -0.1) is 0 Å². The van der Waals surface area contributed by atoms with E-state index in [0.717, 1.165) is 0 Å². The molecule has 0 atom stereocenters. The Morgan fingerprint density at radius 2 is 2.21 bits per heavy atom. The molecule has 1 aliphatic rings. The second-order valence-electron chi connectivity index (χ2n) is 5.40. The van der Waals surface area contributed by atoms with E-state index < -0.39 is 5.54 Å². The Kier molecular flexibility index (Phi) is 4.27. The summed E-state index contributed by atoms with van der Waals surface area (Å²) in [6, 6.07) is 3.90. The highest BCUT2D eigenvalue weighted by atomic mass is 16.5. The van der Waals surface area contributed by atoms with Gasteiger partial charge in [0.05, 0.1) is 12.1 Å². The lowest BCUT2D eigenvalue weighted by Crippen LogP contribution is -2.54. The van der Waals surface area contributed by atoms with Gasteiger partial charge in [0.15, 0.2) is 0 Å². The zero-order valence-electron chi connectivity index (χ0n) is 11.6. The van der Waals surface area contributed by atoms with Gasteiger partial charge in [-0.25, -0.2) is 0 Å². The maximum Gasteiger partial charge on any atom is 0.268 e. The molecule has 1 fully saturated rings. The fraction of sp³-hybridized carbons (Fsp3) is 0.643. The van der Waals surface area contributed by atoms with Crippen LogP contribution in [0.3, 0.4) is 0 Å². The molecule has 0 bridgehead atoms. The summed E-state index contributed by atoms with van der Waals surface area (Å²) in [5.41, 5.74) is 0.0934. The second kappa shape index (κ2) is 5.75. The number of amides is 1. The Balaban J connectivity index is 2.13. The smallest absolute Gasteiger partial charge is 0.268 e. The molecular formula is C14H22N2O3. The van der Waals surface area contributed by atoms with E-state index in [0.29, 0.717) is 31.7 Å². The Labute approximate surface area is 113 Å².